The highest BCUT2D eigenvalue weighted by molar-refractivity contribution is 5.20. The van der Waals surface area contributed by atoms with E-state index in [-0.39, 0.29) is 0 Å². The van der Waals surface area contributed by atoms with E-state index in [2.05, 4.69) is 48.9 Å². The molecule has 0 spiro atoms. The third-order valence-corrected chi connectivity index (χ3v) is 4.11. The van der Waals surface area contributed by atoms with E-state index >= 15 is 0 Å². The van der Waals surface area contributed by atoms with Gasteiger partial charge in [0, 0.05) is 12.1 Å². The Morgan fingerprint density at radius 1 is 1.05 bits per heavy atom. The SMILES string of the molecule is CCN(CC)CCCN(CC)Cc1cc(CNC)oc1C. The van der Waals surface area contributed by atoms with Gasteiger partial charge in [-0.05, 0) is 59.2 Å². The van der Waals surface area contributed by atoms with E-state index in [0.29, 0.717) is 0 Å². The van der Waals surface area contributed by atoms with Crippen molar-refractivity contribution >= 4 is 0 Å². The van der Waals surface area contributed by atoms with Crippen molar-refractivity contribution in [3.8, 4) is 0 Å². The number of hydrogen-bond acceptors (Lipinski definition) is 4. The van der Waals surface area contributed by atoms with Crippen molar-refractivity contribution in [2.45, 2.75) is 47.2 Å². The van der Waals surface area contributed by atoms with Gasteiger partial charge < -0.3 is 14.6 Å². The Hall–Kier alpha value is -0.840. The summed E-state index contributed by atoms with van der Waals surface area (Å²) in [5.74, 6) is 2.09. The highest BCUT2D eigenvalue weighted by Crippen LogP contribution is 2.17. The molecule has 1 rings (SSSR count). The second-order valence-electron chi connectivity index (χ2n) is 5.57. The zero-order valence-electron chi connectivity index (χ0n) is 14.5. The van der Waals surface area contributed by atoms with E-state index in [4.69, 9.17) is 4.42 Å². The summed E-state index contributed by atoms with van der Waals surface area (Å²) in [4.78, 5) is 4.99. The van der Waals surface area contributed by atoms with Gasteiger partial charge in [0.1, 0.15) is 11.5 Å². The van der Waals surface area contributed by atoms with Gasteiger partial charge in [0.2, 0.25) is 0 Å². The van der Waals surface area contributed by atoms with Crippen LogP contribution < -0.4 is 5.32 Å². The maximum absolute atomic E-state index is 5.78. The Kier molecular flexibility index (Phi) is 8.66. The van der Waals surface area contributed by atoms with Gasteiger partial charge in [-0.2, -0.15) is 0 Å². The number of hydrogen-bond donors (Lipinski definition) is 1. The minimum absolute atomic E-state index is 0.801. The summed E-state index contributed by atoms with van der Waals surface area (Å²) in [6.45, 7) is 16.3. The molecule has 1 heterocycles. The molecule has 0 saturated carbocycles. The number of nitrogens with one attached hydrogen (secondary N) is 1. The molecule has 0 atom stereocenters. The van der Waals surface area contributed by atoms with Crippen molar-refractivity contribution in [3.63, 3.8) is 0 Å². The van der Waals surface area contributed by atoms with Crippen molar-refractivity contribution in [1.82, 2.24) is 15.1 Å². The first-order chi connectivity index (χ1) is 10.1. The summed E-state index contributed by atoms with van der Waals surface area (Å²) in [7, 11) is 1.95. The van der Waals surface area contributed by atoms with Crippen molar-refractivity contribution in [2.75, 3.05) is 39.8 Å². The van der Waals surface area contributed by atoms with Crippen LogP contribution >= 0.6 is 0 Å². The highest BCUT2D eigenvalue weighted by Gasteiger charge is 2.11. The van der Waals surface area contributed by atoms with E-state index in [1.165, 1.54) is 18.5 Å². The molecule has 0 fully saturated rings. The average molecular weight is 295 g/mol. The van der Waals surface area contributed by atoms with Gasteiger partial charge in [-0.15, -0.1) is 0 Å². The molecule has 21 heavy (non-hydrogen) atoms. The molecule has 122 valence electrons. The van der Waals surface area contributed by atoms with E-state index in [1.807, 2.05) is 7.05 Å². The van der Waals surface area contributed by atoms with Crippen LogP contribution in [0.15, 0.2) is 10.5 Å². The molecule has 0 aliphatic rings. The zero-order valence-corrected chi connectivity index (χ0v) is 14.5. The average Bonchev–Trinajstić information content (AvgIpc) is 2.82. The lowest BCUT2D eigenvalue weighted by Gasteiger charge is -2.23. The fourth-order valence-electron chi connectivity index (χ4n) is 2.65. The molecular weight excluding hydrogens is 262 g/mol. The quantitative estimate of drug-likeness (QED) is 0.680. The first kappa shape index (κ1) is 18.2. The van der Waals surface area contributed by atoms with Gasteiger partial charge in [-0.3, -0.25) is 4.90 Å². The molecule has 0 saturated heterocycles. The third kappa shape index (κ3) is 6.20. The summed E-state index contributed by atoms with van der Waals surface area (Å²) < 4.78 is 5.78. The molecular formula is C17H33N3O. The molecule has 1 N–H and O–H groups in total. The van der Waals surface area contributed by atoms with Gasteiger partial charge in [0.05, 0.1) is 6.54 Å². The molecule has 0 aromatic carbocycles. The minimum Gasteiger partial charge on any atom is -0.465 e. The van der Waals surface area contributed by atoms with Crippen molar-refractivity contribution < 1.29 is 4.42 Å². The van der Waals surface area contributed by atoms with Gasteiger partial charge in [0.15, 0.2) is 0 Å². The first-order valence-corrected chi connectivity index (χ1v) is 8.31. The van der Waals surface area contributed by atoms with Gasteiger partial charge >= 0.3 is 0 Å². The molecule has 0 bridgehead atoms. The van der Waals surface area contributed by atoms with Crippen LogP contribution in [0.5, 0.6) is 0 Å². The largest absolute Gasteiger partial charge is 0.465 e. The van der Waals surface area contributed by atoms with Crippen LogP contribution in [0.4, 0.5) is 0 Å². The molecule has 0 radical (unpaired) electrons. The van der Waals surface area contributed by atoms with Gasteiger partial charge in [-0.25, -0.2) is 0 Å². The fourth-order valence-corrected chi connectivity index (χ4v) is 2.65. The lowest BCUT2D eigenvalue weighted by atomic mass is 10.2. The Bertz CT molecular complexity index is 385. The van der Waals surface area contributed by atoms with Crippen LogP contribution in [0.3, 0.4) is 0 Å². The maximum Gasteiger partial charge on any atom is 0.118 e. The van der Waals surface area contributed by atoms with Crippen molar-refractivity contribution in [2.24, 2.45) is 0 Å². The monoisotopic (exact) mass is 295 g/mol. The number of aryl methyl sites for hydroxylation is 1. The summed E-state index contributed by atoms with van der Waals surface area (Å²) in [6, 6.07) is 2.19. The Labute approximate surface area is 130 Å². The molecule has 0 amide bonds. The van der Waals surface area contributed by atoms with E-state index in [0.717, 1.165) is 50.8 Å². The Morgan fingerprint density at radius 3 is 2.24 bits per heavy atom. The summed E-state index contributed by atoms with van der Waals surface area (Å²) >= 11 is 0. The number of furan rings is 1. The van der Waals surface area contributed by atoms with Crippen molar-refractivity contribution in [1.29, 1.82) is 0 Å². The Balaban J connectivity index is 2.46. The van der Waals surface area contributed by atoms with Crippen molar-refractivity contribution in [3.05, 3.63) is 23.2 Å². The number of rotatable bonds is 11. The molecule has 0 unspecified atom stereocenters. The van der Waals surface area contributed by atoms with Gasteiger partial charge in [0.25, 0.3) is 0 Å². The second-order valence-corrected chi connectivity index (χ2v) is 5.57. The van der Waals surface area contributed by atoms with Crippen LogP contribution in [0.1, 0.15) is 44.3 Å². The predicted octanol–water partition coefficient (Wildman–Crippen LogP) is 2.86. The normalized spacial score (nSPS) is 11.8. The highest BCUT2D eigenvalue weighted by atomic mass is 16.3. The Morgan fingerprint density at radius 2 is 1.67 bits per heavy atom. The van der Waals surface area contributed by atoms with Gasteiger partial charge in [-0.1, -0.05) is 20.8 Å². The maximum atomic E-state index is 5.78. The summed E-state index contributed by atoms with van der Waals surface area (Å²) in [6.07, 6.45) is 1.23. The van der Waals surface area contributed by atoms with Crippen LogP contribution in [0, 0.1) is 6.92 Å². The summed E-state index contributed by atoms with van der Waals surface area (Å²) in [5.41, 5.74) is 1.32. The fraction of sp³-hybridized carbons (Fsp3) is 0.765. The van der Waals surface area contributed by atoms with Crippen LogP contribution in [0.25, 0.3) is 0 Å². The molecule has 0 aliphatic heterocycles. The van der Waals surface area contributed by atoms with E-state index < -0.39 is 0 Å². The first-order valence-electron chi connectivity index (χ1n) is 8.31. The topological polar surface area (TPSA) is 31.6 Å². The standard InChI is InChI=1S/C17H33N3O/c1-6-19(7-2)10-9-11-20(8-3)14-16-12-17(13-18-5)21-15(16)4/h12,18H,6-11,13-14H2,1-5H3. The minimum atomic E-state index is 0.801. The van der Waals surface area contributed by atoms with Crippen LogP contribution in [-0.2, 0) is 13.1 Å². The van der Waals surface area contributed by atoms with Crippen LogP contribution in [-0.4, -0.2) is 49.6 Å². The van der Waals surface area contributed by atoms with Crippen LogP contribution in [0.2, 0.25) is 0 Å². The molecule has 4 nitrogen and oxygen atoms in total. The third-order valence-electron chi connectivity index (χ3n) is 4.11. The predicted molar refractivity (Wildman–Crippen MR) is 89.6 cm³/mol. The molecule has 4 heteroatoms. The molecule has 0 aliphatic carbocycles. The number of nitrogens with zero attached hydrogens (tertiary/aromatic N) is 2. The van der Waals surface area contributed by atoms with E-state index in [9.17, 15) is 0 Å². The zero-order chi connectivity index (χ0) is 15.7. The molecule has 1 aromatic heterocycles. The lowest BCUT2D eigenvalue weighted by Crippen LogP contribution is -2.29. The second kappa shape index (κ2) is 9.98. The summed E-state index contributed by atoms with van der Waals surface area (Å²) in [5, 5.41) is 3.14. The lowest BCUT2D eigenvalue weighted by molar-refractivity contribution is 0.237. The smallest absolute Gasteiger partial charge is 0.118 e. The van der Waals surface area contributed by atoms with E-state index in [1.54, 1.807) is 0 Å². The molecule has 1 aromatic rings.